The molecule has 1 saturated heterocycles. The van der Waals surface area contributed by atoms with E-state index in [2.05, 4.69) is 28.8 Å². The van der Waals surface area contributed by atoms with E-state index < -0.39 is 15.8 Å². The van der Waals surface area contributed by atoms with Gasteiger partial charge in [0.2, 0.25) is 0 Å². The zero-order valence-corrected chi connectivity index (χ0v) is 19.1. The van der Waals surface area contributed by atoms with Gasteiger partial charge in [-0.3, -0.25) is 14.4 Å². The topological polar surface area (TPSA) is 78.5 Å². The molecule has 2 aromatic rings. The van der Waals surface area contributed by atoms with Crippen molar-refractivity contribution in [3.63, 3.8) is 0 Å². The van der Waals surface area contributed by atoms with E-state index in [1.807, 2.05) is 0 Å². The van der Waals surface area contributed by atoms with Crippen LogP contribution in [0, 0.1) is 12.7 Å². The first kappa shape index (κ1) is 23.2. The predicted molar refractivity (Wildman–Crippen MR) is 120 cm³/mol. The zero-order chi connectivity index (χ0) is 22.6. The van der Waals surface area contributed by atoms with E-state index in [-0.39, 0.29) is 22.0 Å². The minimum absolute atomic E-state index is 0.0251. The Morgan fingerprint density at radius 1 is 1.06 bits per heavy atom. The number of rotatable bonds is 7. The van der Waals surface area contributed by atoms with Gasteiger partial charge in [0.1, 0.15) is 5.82 Å². The van der Waals surface area contributed by atoms with E-state index in [0.717, 1.165) is 25.9 Å². The highest BCUT2D eigenvalue weighted by Crippen LogP contribution is 2.22. The van der Waals surface area contributed by atoms with Gasteiger partial charge in [-0.15, -0.1) is 0 Å². The molecule has 0 radical (unpaired) electrons. The van der Waals surface area contributed by atoms with Crippen molar-refractivity contribution in [2.24, 2.45) is 0 Å². The van der Waals surface area contributed by atoms with Gasteiger partial charge in [-0.25, -0.2) is 12.8 Å². The van der Waals surface area contributed by atoms with Crippen molar-refractivity contribution in [1.82, 2.24) is 10.2 Å². The van der Waals surface area contributed by atoms with Crippen LogP contribution in [0.15, 0.2) is 47.4 Å². The summed E-state index contributed by atoms with van der Waals surface area (Å²) in [5.41, 5.74) is 1.07. The Kier molecular flexibility index (Phi) is 7.01. The van der Waals surface area contributed by atoms with Crippen LogP contribution in [0.3, 0.4) is 0 Å². The van der Waals surface area contributed by atoms with E-state index in [1.54, 1.807) is 13.0 Å². The van der Waals surface area contributed by atoms with Crippen LogP contribution < -0.4 is 10.0 Å². The van der Waals surface area contributed by atoms with Crippen molar-refractivity contribution < 1.29 is 17.6 Å². The molecule has 0 bridgehead atoms. The molecule has 1 heterocycles. The summed E-state index contributed by atoms with van der Waals surface area (Å²) in [5, 5.41) is 2.97. The molecule has 1 aliphatic heterocycles. The Labute approximate surface area is 183 Å². The molecule has 2 N–H and O–H groups in total. The molecule has 0 saturated carbocycles. The van der Waals surface area contributed by atoms with Crippen LogP contribution in [-0.4, -0.2) is 44.4 Å². The Balaban J connectivity index is 1.73. The maximum Gasteiger partial charge on any atom is 0.261 e. The minimum atomic E-state index is -3.92. The second kappa shape index (κ2) is 9.36. The normalized spacial score (nSPS) is 15.5. The van der Waals surface area contributed by atoms with Crippen molar-refractivity contribution in [1.29, 1.82) is 0 Å². The van der Waals surface area contributed by atoms with Gasteiger partial charge in [-0.2, -0.15) is 0 Å². The summed E-state index contributed by atoms with van der Waals surface area (Å²) >= 11 is 0. The summed E-state index contributed by atoms with van der Waals surface area (Å²) in [6, 6.07) is 9.49. The number of sulfonamides is 1. The molecule has 31 heavy (non-hydrogen) atoms. The third kappa shape index (κ3) is 5.83. The summed E-state index contributed by atoms with van der Waals surface area (Å²) in [7, 11) is -3.92. The lowest BCUT2D eigenvalue weighted by atomic mass is 9.98. The van der Waals surface area contributed by atoms with Crippen LogP contribution in [0.2, 0.25) is 0 Å². The molecule has 0 atom stereocenters. The molecule has 8 heteroatoms. The van der Waals surface area contributed by atoms with Gasteiger partial charge < -0.3 is 5.32 Å². The predicted octanol–water partition coefficient (Wildman–Crippen LogP) is 3.93. The Morgan fingerprint density at radius 3 is 2.35 bits per heavy atom. The van der Waals surface area contributed by atoms with Crippen LogP contribution in [0.1, 0.15) is 49.0 Å². The molecule has 0 aromatic heterocycles. The number of benzene rings is 2. The van der Waals surface area contributed by atoms with Crippen molar-refractivity contribution in [2.75, 3.05) is 24.4 Å². The van der Waals surface area contributed by atoms with Crippen molar-refractivity contribution in [2.45, 2.75) is 50.5 Å². The van der Waals surface area contributed by atoms with Crippen molar-refractivity contribution in [3.05, 3.63) is 59.4 Å². The van der Waals surface area contributed by atoms with Crippen LogP contribution in [0.25, 0.3) is 0 Å². The number of hydrogen-bond acceptors (Lipinski definition) is 4. The first-order chi connectivity index (χ1) is 14.6. The van der Waals surface area contributed by atoms with Gasteiger partial charge in [0.15, 0.2) is 0 Å². The number of halogens is 1. The lowest BCUT2D eigenvalue weighted by Gasteiger charge is -2.41. The number of likely N-dealkylation sites (tertiary alicyclic amines) is 1. The maximum absolute atomic E-state index is 13.1. The zero-order valence-electron chi connectivity index (χ0n) is 18.2. The van der Waals surface area contributed by atoms with Crippen LogP contribution >= 0.6 is 0 Å². The molecule has 1 amide bonds. The Hall–Kier alpha value is -2.45. The third-order valence-electron chi connectivity index (χ3n) is 5.75. The van der Waals surface area contributed by atoms with E-state index in [9.17, 15) is 17.6 Å². The molecule has 0 unspecified atom stereocenters. The van der Waals surface area contributed by atoms with E-state index in [0.29, 0.717) is 17.7 Å². The number of hydrogen-bond donors (Lipinski definition) is 2. The molecule has 0 aliphatic carbocycles. The highest BCUT2D eigenvalue weighted by Gasteiger charge is 2.28. The standard InChI is InChI=1S/C23H30FN3O3S/c1-17-7-12-20(31(29,30)26-19-10-8-18(24)9-11-19)15-21(17)22(28)25-16-23(2,3)27-13-5-4-6-14-27/h7-12,15,26H,4-6,13-14,16H2,1-3H3,(H,25,28). The SMILES string of the molecule is Cc1ccc(S(=O)(=O)Nc2ccc(F)cc2)cc1C(=O)NCC(C)(C)N1CCCCC1. The summed E-state index contributed by atoms with van der Waals surface area (Å²) in [5.74, 6) is -0.758. The Bertz CT molecular complexity index is 1030. The second-order valence-electron chi connectivity index (χ2n) is 8.63. The largest absolute Gasteiger partial charge is 0.350 e. The summed E-state index contributed by atoms with van der Waals surface area (Å²) in [4.78, 5) is 15.2. The Morgan fingerprint density at radius 2 is 1.71 bits per heavy atom. The second-order valence-corrected chi connectivity index (χ2v) is 10.3. The fraction of sp³-hybridized carbons (Fsp3) is 0.435. The molecule has 1 aliphatic rings. The highest BCUT2D eigenvalue weighted by molar-refractivity contribution is 7.92. The van der Waals surface area contributed by atoms with Crippen molar-refractivity contribution in [3.8, 4) is 0 Å². The quantitative estimate of drug-likeness (QED) is 0.674. The lowest BCUT2D eigenvalue weighted by molar-refractivity contribution is 0.0797. The average molecular weight is 448 g/mol. The first-order valence-electron chi connectivity index (χ1n) is 10.5. The van der Waals surface area contributed by atoms with Gasteiger partial charge >= 0.3 is 0 Å². The molecule has 6 nitrogen and oxygen atoms in total. The van der Waals surface area contributed by atoms with Crippen LogP contribution in [0.4, 0.5) is 10.1 Å². The summed E-state index contributed by atoms with van der Waals surface area (Å²) in [6.07, 6.45) is 3.57. The molecule has 2 aromatic carbocycles. The summed E-state index contributed by atoms with van der Waals surface area (Å²) in [6.45, 7) is 8.50. The molecule has 1 fully saturated rings. The molecular formula is C23H30FN3O3S. The maximum atomic E-state index is 13.1. The molecule has 0 spiro atoms. The van der Waals surface area contributed by atoms with Gasteiger partial charge in [-0.1, -0.05) is 12.5 Å². The van der Waals surface area contributed by atoms with Gasteiger partial charge in [0.05, 0.1) is 4.90 Å². The smallest absolute Gasteiger partial charge is 0.261 e. The number of piperidine rings is 1. The van der Waals surface area contributed by atoms with Gasteiger partial charge in [0.25, 0.3) is 15.9 Å². The molecule has 3 rings (SSSR count). The average Bonchev–Trinajstić information content (AvgIpc) is 2.74. The molecule has 168 valence electrons. The highest BCUT2D eigenvalue weighted by atomic mass is 32.2. The third-order valence-corrected chi connectivity index (χ3v) is 7.13. The van der Waals surface area contributed by atoms with E-state index >= 15 is 0 Å². The number of carbonyl (C=O) groups is 1. The summed E-state index contributed by atoms with van der Waals surface area (Å²) < 4.78 is 41.0. The monoisotopic (exact) mass is 447 g/mol. The number of nitrogens with one attached hydrogen (secondary N) is 2. The van der Waals surface area contributed by atoms with E-state index in [1.165, 1.54) is 42.8 Å². The number of nitrogens with zero attached hydrogens (tertiary/aromatic N) is 1. The lowest BCUT2D eigenvalue weighted by Crippen LogP contribution is -2.53. The fourth-order valence-electron chi connectivity index (χ4n) is 3.75. The number of carbonyl (C=O) groups excluding carboxylic acids is 1. The van der Waals surface area contributed by atoms with Crippen LogP contribution in [-0.2, 0) is 10.0 Å². The van der Waals surface area contributed by atoms with Crippen molar-refractivity contribution >= 4 is 21.6 Å². The number of anilines is 1. The van der Waals surface area contributed by atoms with Gasteiger partial charge in [0, 0.05) is 23.3 Å². The van der Waals surface area contributed by atoms with E-state index in [4.69, 9.17) is 0 Å². The first-order valence-corrected chi connectivity index (χ1v) is 12.0. The molecular weight excluding hydrogens is 417 g/mol. The fourth-order valence-corrected chi connectivity index (χ4v) is 4.83. The number of amides is 1. The minimum Gasteiger partial charge on any atom is -0.350 e. The number of aryl methyl sites for hydroxylation is 1. The van der Waals surface area contributed by atoms with Gasteiger partial charge in [-0.05, 0) is 88.7 Å². The van der Waals surface area contributed by atoms with Crippen LogP contribution in [0.5, 0.6) is 0 Å².